The SMILES string of the molecule is CC1(C)C2=C(CCC(N(c3ccc(-c4cc5sc6cc(/C=C(\C#N)C(=O)O)sc6c5s4)cc3)c3ccc4c(c3)C(C)(C)c3ccccc3-4)=C2)c2ccccc21. The second-order valence-electron chi connectivity index (χ2n) is 15.7. The van der Waals surface area contributed by atoms with Gasteiger partial charge in [0, 0.05) is 47.1 Å². The minimum Gasteiger partial charge on any atom is -0.477 e. The van der Waals surface area contributed by atoms with Crippen LogP contribution in [-0.4, -0.2) is 11.1 Å². The molecular weight excluding hydrogens is 733 g/mol. The number of nitrogens with zero attached hydrogens (tertiary/aromatic N) is 2. The highest BCUT2D eigenvalue weighted by atomic mass is 32.1. The Morgan fingerprint density at radius 2 is 1.38 bits per heavy atom. The summed E-state index contributed by atoms with van der Waals surface area (Å²) in [4.78, 5) is 15.9. The molecule has 3 aliphatic rings. The summed E-state index contributed by atoms with van der Waals surface area (Å²) in [6, 6.07) is 40.0. The van der Waals surface area contributed by atoms with E-state index in [4.69, 9.17) is 0 Å². The van der Waals surface area contributed by atoms with Gasteiger partial charge in [-0.05, 0) is 111 Å². The number of rotatable bonds is 6. The maximum absolute atomic E-state index is 11.4. The molecule has 0 amide bonds. The lowest BCUT2D eigenvalue weighted by Crippen LogP contribution is -2.22. The average molecular weight is 769 g/mol. The summed E-state index contributed by atoms with van der Waals surface area (Å²) in [5.41, 5.74) is 15.5. The van der Waals surface area contributed by atoms with Crippen LogP contribution >= 0.6 is 34.0 Å². The first kappa shape index (κ1) is 34.0. The Bertz CT molecular complexity index is 2920. The third kappa shape index (κ3) is 5.16. The van der Waals surface area contributed by atoms with Gasteiger partial charge in [0.15, 0.2) is 0 Å². The Hall–Kier alpha value is -5.52. The number of carboxylic acid groups (broad SMARTS) is 1. The van der Waals surface area contributed by atoms with Crippen LogP contribution in [0.4, 0.5) is 11.4 Å². The van der Waals surface area contributed by atoms with Crippen molar-refractivity contribution < 1.29 is 9.90 Å². The van der Waals surface area contributed by atoms with Gasteiger partial charge < -0.3 is 10.0 Å². The van der Waals surface area contributed by atoms with Crippen LogP contribution in [0.3, 0.4) is 0 Å². The molecule has 0 bridgehead atoms. The molecule has 7 heteroatoms. The quantitative estimate of drug-likeness (QED) is 0.135. The van der Waals surface area contributed by atoms with Gasteiger partial charge in [-0.25, -0.2) is 4.79 Å². The van der Waals surface area contributed by atoms with E-state index in [-0.39, 0.29) is 16.4 Å². The fraction of sp³-hybridized carbons (Fsp3) is 0.167. The first-order chi connectivity index (χ1) is 26.5. The summed E-state index contributed by atoms with van der Waals surface area (Å²) in [7, 11) is 0. The van der Waals surface area contributed by atoms with Crippen LogP contribution in [0, 0.1) is 11.3 Å². The highest BCUT2D eigenvalue weighted by Gasteiger charge is 2.39. The van der Waals surface area contributed by atoms with Crippen molar-refractivity contribution >= 4 is 81.8 Å². The van der Waals surface area contributed by atoms with Gasteiger partial charge in [0.2, 0.25) is 0 Å². The normalized spacial score (nSPS) is 16.4. The van der Waals surface area contributed by atoms with E-state index in [1.54, 1.807) is 40.1 Å². The van der Waals surface area contributed by atoms with Crippen molar-refractivity contribution in [3.63, 3.8) is 0 Å². The van der Waals surface area contributed by atoms with Crippen molar-refractivity contribution in [2.45, 2.75) is 51.4 Å². The lowest BCUT2D eigenvalue weighted by molar-refractivity contribution is -0.132. The van der Waals surface area contributed by atoms with Crippen molar-refractivity contribution in [2.75, 3.05) is 4.90 Å². The van der Waals surface area contributed by atoms with E-state index in [0.29, 0.717) is 0 Å². The van der Waals surface area contributed by atoms with Crippen molar-refractivity contribution in [1.29, 1.82) is 5.26 Å². The third-order valence-electron chi connectivity index (χ3n) is 11.9. The van der Waals surface area contributed by atoms with E-state index in [2.05, 4.69) is 136 Å². The second-order valence-corrected chi connectivity index (χ2v) is 18.9. The molecule has 7 aromatic rings. The lowest BCUT2D eigenvalue weighted by Gasteiger charge is -2.33. The summed E-state index contributed by atoms with van der Waals surface area (Å²) < 4.78 is 4.69. The fourth-order valence-electron chi connectivity index (χ4n) is 9.10. The first-order valence-electron chi connectivity index (χ1n) is 18.5. The molecule has 0 saturated heterocycles. The molecule has 10 rings (SSSR count). The predicted octanol–water partition coefficient (Wildman–Crippen LogP) is 13.7. The number of allylic oxidation sites excluding steroid dienone is 4. The van der Waals surface area contributed by atoms with Gasteiger partial charge in [-0.15, -0.1) is 34.0 Å². The summed E-state index contributed by atoms with van der Waals surface area (Å²) in [6.45, 7) is 9.44. The van der Waals surface area contributed by atoms with Crippen LogP contribution < -0.4 is 4.90 Å². The van der Waals surface area contributed by atoms with Gasteiger partial charge in [0.05, 0.1) is 9.40 Å². The summed E-state index contributed by atoms with van der Waals surface area (Å²) in [6.07, 6.45) is 5.91. The van der Waals surface area contributed by atoms with Crippen molar-refractivity contribution in [3.05, 3.63) is 153 Å². The predicted molar refractivity (Wildman–Crippen MR) is 232 cm³/mol. The van der Waals surface area contributed by atoms with Crippen molar-refractivity contribution in [3.8, 4) is 27.6 Å². The number of aliphatic carboxylic acids is 1. The molecule has 0 spiro atoms. The molecule has 55 heavy (non-hydrogen) atoms. The zero-order valence-corrected chi connectivity index (χ0v) is 33.3. The first-order valence-corrected chi connectivity index (χ1v) is 21.0. The molecule has 3 aromatic heterocycles. The molecular formula is C48H36N2O2S3. The van der Waals surface area contributed by atoms with Crippen LogP contribution in [0.5, 0.6) is 0 Å². The number of nitriles is 1. The van der Waals surface area contributed by atoms with Crippen molar-refractivity contribution in [1.82, 2.24) is 0 Å². The highest BCUT2D eigenvalue weighted by Crippen LogP contribution is 2.54. The number of carbonyl (C=O) groups is 1. The summed E-state index contributed by atoms with van der Waals surface area (Å²) >= 11 is 5.03. The Labute approximate surface area is 332 Å². The van der Waals surface area contributed by atoms with Crippen LogP contribution in [0.2, 0.25) is 0 Å². The molecule has 0 fully saturated rings. The van der Waals surface area contributed by atoms with Crippen LogP contribution in [0.15, 0.2) is 126 Å². The minimum absolute atomic E-state index is 0.0694. The number of hydrogen-bond donors (Lipinski definition) is 1. The van der Waals surface area contributed by atoms with Crippen LogP contribution in [0.1, 0.15) is 67.7 Å². The molecule has 3 aliphatic carbocycles. The average Bonchev–Trinajstić information content (AvgIpc) is 3.96. The fourth-order valence-corrected chi connectivity index (χ4v) is 13.1. The third-order valence-corrected chi connectivity index (χ3v) is 15.6. The largest absolute Gasteiger partial charge is 0.477 e. The van der Waals surface area contributed by atoms with Gasteiger partial charge in [-0.2, -0.15) is 5.26 Å². The Kier molecular flexibility index (Phi) is 7.57. The second kappa shape index (κ2) is 12.2. The maximum Gasteiger partial charge on any atom is 0.346 e. The van der Waals surface area contributed by atoms with Gasteiger partial charge >= 0.3 is 5.97 Å². The molecule has 4 nitrogen and oxygen atoms in total. The van der Waals surface area contributed by atoms with E-state index in [1.165, 1.54) is 81.8 Å². The van der Waals surface area contributed by atoms with Gasteiger partial charge in [-0.1, -0.05) is 94.4 Å². The molecule has 1 N–H and O–H groups in total. The summed E-state index contributed by atoms with van der Waals surface area (Å²) in [5.74, 6) is -1.20. The number of carboxylic acids is 1. The van der Waals surface area contributed by atoms with Gasteiger partial charge in [0.25, 0.3) is 0 Å². The smallest absolute Gasteiger partial charge is 0.346 e. The minimum atomic E-state index is -1.20. The number of hydrogen-bond acceptors (Lipinski definition) is 6. The van der Waals surface area contributed by atoms with Gasteiger partial charge in [0.1, 0.15) is 11.6 Å². The van der Waals surface area contributed by atoms with Gasteiger partial charge in [-0.3, -0.25) is 0 Å². The molecule has 0 atom stereocenters. The van der Waals surface area contributed by atoms with E-state index in [0.717, 1.165) is 32.8 Å². The highest BCUT2D eigenvalue weighted by molar-refractivity contribution is 7.39. The van der Waals surface area contributed by atoms with E-state index < -0.39 is 5.97 Å². The van der Waals surface area contributed by atoms with E-state index in [9.17, 15) is 15.2 Å². The number of fused-ring (bicyclic) bond motifs is 8. The maximum atomic E-state index is 11.4. The topological polar surface area (TPSA) is 64.3 Å². The van der Waals surface area contributed by atoms with Crippen LogP contribution in [0.25, 0.3) is 52.0 Å². The summed E-state index contributed by atoms with van der Waals surface area (Å²) in [5, 5.41) is 18.6. The molecule has 3 heterocycles. The number of thiophene rings is 3. The molecule has 268 valence electrons. The molecule has 0 saturated carbocycles. The van der Waals surface area contributed by atoms with Crippen LogP contribution in [-0.2, 0) is 15.6 Å². The standard InChI is InChI=1S/C48H36N2O2S3/c1-47(2)37-11-7-5-9-33(37)35-19-17-30(22-39(35)47)50(31-18-20-36-34-10-6-8-12-38(34)48(3,4)40(36)23-31)29-15-13-27(14-16-29)41-25-43-45(55-41)44-42(54-43)24-32(53-44)21-28(26-49)46(51)52/h5-17,19,21-25H,18,20H2,1-4H3,(H,51,52)/b28-21+. The Morgan fingerprint density at radius 3 is 2.13 bits per heavy atom. The monoisotopic (exact) mass is 768 g/mol. The Balaban J connectivity index is 1.06. The van der Waals surface area contributed by atoms with E-state index in [1.807, 2.05) is 6.07 Å². The van der Waals surface area contributed by atoms with E-state index >= 15 is 0 Å². The number of anilines is 2. The Morgan fingerprint density at radius 1 is 0.727 bits per heavy atom. The molecule has 0 radical (unpaired) electrons. The molecule has 0 unspecified atom stereocenters. The zero-order chi connectivity index (χ0) is 37.8. The van der Waals surface area contributed by atoms with Crippen molar-refractivity contribution in [2.24, 2.45) is 0 Å². The lowest BCUT2D eigenvalue weighted by atomic mass is 9.79. The molecule has 4 aromatic carbocycles. The zero-order valence-electron chi connectivity index (χ0n) is 30.9. The number of benzene rings is 4. The molecule has 0 aliphatic heterocycles.